The lowest BCUT2D eigenvalue weighted by molar-refractivity contribution is 0.0925. The van der Waals surface area contributed by atoms with Crippen molar-refractivity contribution in [3.63, 3.8) is 0 Å². The molecule has 5 heteroatoms. The second kappa shape index (κ2) is 7.66. The highest BCUT2D eigenvalue weighted by Gasteiger charge is 2.23. The van der Waals surface area contributed by atoms with Crippen LogP contribution in [-0.2, 0) is 0 Å². The maximum Gasteiger partial charge on any atom is 0.261 e. The molecular weight excluding hydrogens is 314 g/mol. The molecule has 0 bridgehead atoms. The fourth-order valence-electron chi connectivity index (χ4n) is 3.51. The molecule has 5 nitrogen and oxygen atoms in total. The van der Waals surface area contributed by atoms with E-state index in [1.54, 1.807) is 6.92 Å². The molecule has 1 amide bonds. The molecule has 2 N–H and O–H groups in total. The largest absolute Gasteiger partial charge is 0.344 e. The Kier molecular flexibility index (Phi) is 5.34. The Hall–Kier alpha value is -2.40. The summed E-state index contributed by atoms with van der Waals surface area (Å²) in [6.07, 6.45) is 2.40. The van der Waals surface area contributed by atoms with Crippen molar-refractivity contribution in [1.82, 2.24) is 15.2 Å². The Morgan fingerprint density at radius 3 is 2.52 bits per heavy atom. The highest BCUT2D eigenvalue weighted by atomic mass is 16.2. The van der Waals surface area contributed by atoms with Gasteiger partial charge in [-0.2, -0.15) is 0 Å². The zero-order valence-electron chi connectivity index (χ0n) is 14.8. The van der Waals surface area contributed by atoms with E-state index in [1.807, 2.05) is 43.3 Å². The van der Waals surface area contributed by atoms with E-state index in [1.165, 1.54) is 12.8 Å². The Balaban J connectivity index is 1.84. The monoisotopic (exact) mass is 339 g/mol. The van der Waals surface area contributed by atoms with Crippen molar-refractivity contribution in [3.8, 4) is 0 Å². The van der Waals surface area contributed by atoms with Crippen LogP contribution in [-0.4, -0.2) is 35.4 Å². The number of carbonyl (C=O) groups is 1. The van der Waals surface area contributed by atoms with E-state index >= 15 is 0 Å². The minimum Gasteiger partial charge on any atom is -0.344 e. The molecule has 1 aromatic carbocycles. The second-order valence-electron chi connectivity index (χ2n) is 6.78. The Labute approximate surface area is 148 Å². The van der Waals surface area contributed by atoms with Gasteiger partial charge in [0.25, 0.3) is 11.5 Å². The summed E-state index contributed by atoms with van der Waals surface area (Å²) < 4.78 is 0. The van der Waals surface area contributed by atoms with E-state index in [-0.39, 0.29) is 23.1 Å². The first-order valence-electron chi connectivity index (χ1n) is 8.83. The Morgan fingerprint density at radius 1 is 1.20 bits per heavy atom. The molecule has 1 saturated heterocycles. The van der Waals surface area contributed by atoms with Gasteiger partial charge >= 0.3 is 0 Å². The quantitative estimate of drug-likeness (QED) is 0.880. The maximum absolute atomic E-state index is 12.8. The molecule has 0 spiro atoms. The van der Waals surface area contributed by atoms with E-state index in [0.29, 0.717) is 5.56 Å². The maximum atomic E-state index is 12.8. The van der Waals surface area contributed by atoms with Crippen molar-refractivity contribution >= 4 is 5.91 Å². The van der Waals surface area contributed by atoms with Crippen molar-refractivity contribution < 1.29 is 4.79 Å². The number of likely N-dealkylation sites (tertiary alicyclic amines) is 1. The van der Waals surface area contributed by atoms with E-state index in [2.05, 4.69) is 15.2 Å². The number of hydrogen-bond acceptors (Lipinski definition) is 3. The fourth-order valence-corrected chi connectivity index (χ4v) is 3.51. The normalized spacial score (nSPS) is 15.9. The third-order valence-electron chi connectivity index (χ3n) is 4.74. The molecule has 2 heterocycles. The topological polar surface area (TPSA) is 65.2 Å². The molecule has 132 valence electrons. The zero-order chi connectivity index (χ0) is 17.8. The van der Waals surface area contributed by atoms with Gasteiger partial charge in [0.15, 0.2) is 0 Å². The van der Waals surface area contributed by atoms with Gasteiger partial charge in [0.2, 0.25) is 0 Å². The molecule has 3 rings (SSSR count). The van der Waals surface area contributed by atoms with Gasteiger partial charge in [-0.1, -0.05) is 30.3 Å². The number of aromatic nitrogens is 1. The predicted octanol–water partition coefficient (Wildman–Crippen LogP) is 2.56. The van der Waals surface area contributed by atoms with Gasteiger partial charge in [0.05, 0.1) is 6.04 Å². The number of aryl methyl sites for hydroxylation is 2. The first-order valence-corrected chi connectivity index (χ1v) is 8.83. The summed E-state index contributed by atoms with van der Waals surface area (Å²) in [6.45, 7) is 6.50. The number of rotatable bonds is 5. The van der Waals surface area contributed by atoms with Crippen molar-refractivity contribution in [2.24, 2.45) is 0 Å². The van der Waals surface area contributed by atoms with Crippen molar-refractivity contribution in [2.75, 3.05) is 19.6 Å². The first-order chi connectivity index (χ1) is 12.0. The smallest absolute Gasteiger partial charge is 0.261 e. The fraction of sp³-hybridized carbons (Fsp3) is 0.400. The summed E-state index contributed by atoms with van der Waals surface area (Å²) in [5, 5.41) is 3.08. The average molecular weight is 339 g/mol. The highest BCUT2D eigenvalue weighted by molar-refractivity contribution is 5.95. The van der Waals surface area contributed by atoms with Gasteiger partial charge in [-0.3, -0.25) is 9.59 Å². The van der Waals surface area contributed by atoms with Crippen LogP contribution in [0.25, 0.3) is 0 Å². The predicted molar refractivity (Wildman–Crippen MR) is 98.9 cm³/mol. The molecule has 1 atom stereocenters. The average Bonchev–Trinajstić information content (AvgIpc) is 3.07. The lowest BCUT2D eigenvalue weighted by atomic mass is 10.0. The van der Waals surface area contributed by atoms with Gasteiger partial charge < -0.3 is 15.2 Å². The molecule has 1 aliphatic heterocycles. The lowest BCUT2D eigenvalue weighted by Crippen LogP contribution is -2.39. The Morgan fingerprint density at radius 2 is 1.88 bits per heavy atom. The van der Waals surface area contributed by atoms with Gasteiger partial charge in [-0.25, -0.2) is 0 Å². The number of amides is 1. The van der Waals surface area contributed by atoms with Crippen LogP contribution in [0.3, 0.4) is 0 Å². The SMILES string of the molecule is Cc1cc(C)c(C(=O)N[C@@H](CN2CCCC2)c2ccccc2)c(=O)[nH]1. The number of pyridine rings is 1. The van der Waals surface area contributed by atoms with Crippen LogP contribution in [0.1, 0.15) is 46.1 Å². The molecule has 1 aromatic heterocycles. The van der Waals surface area contributed by atoms with Gasteiger partial charge in [0, 0.05) is 12.2 Å². The third kappa shape index (κ3) is 4.17. The molecule has 0 aliphatic carbocycles. The number of carbonyl (C=O) groups excluding carboxylic acids is 1. The van der Waals surface area contributed by atoms with Crippen molar-refractivity contribution in [2.45, 2.75) is 32.7 Å². The molecular formula is C20H25N3O2. The number of hydrogen-bond donors (Lipinski definition) is 2. The molecule has 0 saturated carbocycles. The standard InChI is InChI=1S/C20H25N3O2/c1-14-12-15(2)21-19(24)18(14)20(25)22-17(13-23-10-6-7-11-23)16-8-4-3-5-9-16/h3-5,8-9,12,17H,6-7,10-11,13H2,1-2H3,(H,21,24)(H,22,25)/t17-/m0/s1. The minimum atomic E-state index is -0.331. The molecule has 1 fully saturated rings. The van der Waals surface area contributed by atoms with Gasteiger partial charge in [-0.05, 0) is 57.0 Å². The summed E-state index contributed by atoms with van der Waals surface area (Å²) in [7, 11) is 0. The van der Waals surface area contributed by atoms with Crippen molar-refractivity contribution in [1.29, 1.82) is 0 Å². The summed E-state index contributed by atoms with van der Waals surface area (Å²) in [5.41, 5.74) is 2.39. The first kappa shape index (κ1) is 17.4. The van der Waals surface area contributed by atoms with E-state index in [0.717, 1.165) is 30.9 Å². The van der Waals surface area contributed by atoms with Crippen LogP contribution in [0.5, 0.6) is 0 Å². The van der Waals surface area contributed by atoms with E-state index < -0.39 is 0 Å². The minimum absolute atomic E-state index is 0.132. The summed E-state index contributed by atoms with van der Waals surface area (Å²) >= 11 is 0. The van der Waals surface area contributed by atoms with E-state index in [9.17, 15) is 9.59 Å². The van der Waals surface area contributed by atoms with Gasteiger partial charge in [0.1, 0.15) is 5.56 Å². The van der Waals surface area contributed by atoms with Crippen LogP contribution in [0.4, 0.5) is 0 Å². The van der Waals surface area contributed by atoms with E-state index in [4.69, 9.17) is 0 Å². The van der Waals surface area contributed by atoms with Crippen LogP contribution < -0.4 is 10.9 Å². The number of nitrogens with one attached hydrogen (secondary N) is 2. The van der Waals surface area contributed by atoms with Crippen LogP contribution in [0.2, 0.25) is 0 Å². The second-order valence-corrected chi connectivity index (χ2v) is 6.78. The summed E-state index contributed by atoms with van der Waals surface area (Å²) in [5.74, 6) is -0.313. The molecule has 0 unspecified atom stereocenters. The van der Waals surface area contributed by atoms with Gasteiger partial charge in [-0.15, -0.1) is 0 Å². The molecule has 25 heavy (non-hydrogen) atoms. The zero-order valence-corrected chi connectivity index (χ0v) is 14.8. The highest BCUT2D eigenvalue weighted by Crippen LogP contribution is 2.18. The lowest BCUT2D eigenvalue weighted by Gasteiger charge is -2.25. The molecule has 0 radical (unpaired) electrons. The number of benzene rings is 1. The number of aromatic amines is 1. The molecule has 1 aliphatic rings. The van der Waals surface area contributed by atoms with Crippen LogP contribution >= 0.6 is 0 Å². The Bertz CT molecular complexity index is 792. The number of nitrogens with zero attached hydrogens (tertiary/aromatic N) is 1. The number of H-pyrrole nitrogens is 1. The van der Waals surface area contributed by atoms with Crippen LogP contribution in [0, 0.1) is 13.8 Å². The van der Waals surface area contributed by atoms with Crippen LogP contribution in [0.15, 0.2) is 41.2 Å². The summed E-state index contributed by atoms with van der Waals surface area (Å²) in [6, 6.07) is 11.7. The van der Waals surface area contributed by atoms with Crippen molar-refractivity contribution in [3.05, 3.63) is 69.1 Å². The molecule has 2 aromatic rings. The summed E-state index contributed by atoms with van der Waals surface area (Å²) in [4.78, 5) is 30.1. The third-order valence-corrected chi connectivity index (χ3v) is 4.74.